The zero-order valence-corrected chi connectivity index (χ0v) is 15.7. The van der Waals surface area contributed by atoms with E-state index in [0.29, 0.717) is 16.7 Å². The minimum atomic E-state index is -0.890. The van der Waals surface area contributed by atoms with Gasteiger partial charge in [0.25, 0.3) is 0 Å². The van der Waals surface area contributed by atoms with Crippen LogP contribution in [0.3, 0.4) is 0 Å². The van der Waals surface area contributed by atoms with Crippen LogP contribution >= 0.6 is 0 Å². The minimum Gasteiger partial charge on any atom is -0.494 e. The standard InChI is InChI=1S/C23H28F2O/c1-3-14-4-5-16-11-17(7-6-15(16)10-14)18-8-9-19-13-21(26-2)23(25)22(24)20(19)12-18/h8-9,12-17H,3-7,10-11H2,1-2H3. The van der Waals surface area contributed by atoms with E-state index in [1.165, 1.54) is 52.1 Å². The number of fused-ring (bicyclic) bond motifs is 2. The number of benzene rings is 2. The van der Waals surface area contributed by atoms with Crippen LogP contribution in [0.5, 0.6) is 5.75 Å². The summed E-state index contributed by atoms with van der Waals surface area (Å²) in [7, 11) is 1.36. The lowest BCUT2D eigenvalue weighted by molar-refractivity contribution is 0.116. The average molecular weight is 358 g/mol. The molecule has 0 aliphatic heterocycles. The summed E-state index contributed by atoms with van der Waals surface area (Å²) in [5, 5.41) is 1.07. The number of hydrogen-bond donors (Lipinski definition) is 0. The molecule has 0 spiro atoms. The Labute approximate surface area is 154 Å². The lowest BCUT2D eigenvalue weighted by Crippen LogP contribution is -2.30. The molecule has 0 N–H and O–H groups in total. The molecule has 4 unspecified atom stereocenters. The fraction of sp³-hybridized carbons (Fsp3) is 0.565. The molecule has 2 aromatic carbocycles. The maximum absolute atomic E-state index is 14.5. The molecular formula is C23H28F2O. The number of rotatable bonds is 3. The molecule has 4 atom stereocenters. The van der Waals surface area contributed by atoms with Crippen molar-refractivity contribution in [1.82, 2.24) is 0 Å². The highest BCUT2D eigenvalue weighted by molar-refractivity contribution is 5.85. The third-order valence-corrected chi connectivity index (χ3v) is 7.00. The predicted molar refractivity (Wildman–Crippen MR) is 102 cm³/mol. The molecule has 2 aliphatic carbocycles. The van der Waals surface area contributed by atoms with Gasteiger partial charge in [-0.1, -0.05) is 31.9 Å². The molecule has 26 heavy (non-hydrogen) atoms. The van der Waals surface area contributed by atoms with Crippen molar-refractivity contribution in [3.05, 3.63) is 41.5 Å². The molecule has 0 amide bonds. The molecule has 0 saturated heterocycles. The maximum Gasteiger partial charge on any atom is 0.201 e. The molecule has 0 radical (unpaired) electrons. The van der Waals surface area contributed by atoms with Crippen LogP contribution < -0.4 is 4.74 Å². The van der Waals surface area contributed by atoms with E-state index in [2.05, 4.69) is 13.0 Å². The van der Waals surface area contributed by atoms with Crippen LogP contribution in [0, 0.1) is 29.4 Å². The van der Waals surface area contributed by atoms with E-state index < -0.39 is 11.6 Å². The van der Waals surface area contributed by atoms with Crippen molar-refractivity contribution in [2.45, 2.75) is 57.8 Å². The summed E-state index contributed by atoms with van der Waals surface area (Å²) in [5.74, 6) is 1.37. The van der Waals surface area contributed by atoms with E-state index in [9.17, 15) is 8.78 Å². The second-order valence-electron chi connectivity index (χ2n) is 8.30. The van der Waals surface area contributed by atoms with E-state index in [4.69, 9.17) is 4.74 Å². The monoisotopic (exact) mass is 358 g/mol. The minimum absolute atomic E-state index is 0.0315. The van der Waals surface area contributed by atoms with Gasteiger partial charge in [-0.05, 0) is 78.9 Å². The van der Waals surface area contributed by atoms with Gasteiger partial charge in [0.2, 0.25) is 5.82 Å². The SMILES string of the molecule is CCC1CCC2CC(c3ccc4cc(OC)c(F)c(F)c4c3)CCC2C1. The van der Waals surface area contributed by atoms with Gasteiger partial charge in [0.15, 0.2) is 11.6 Å². The quantitative estimate of drug-likeness (QED) is 0.584. The van der Waals surface area contributed by atoms with Gasteiger partial charge in [-0.2, -0.15) is 4.39 Å². The number of hydrogen-bond acceptors (Lipinski definition) is 1. The summed E-state index contributed by atoms with van der Waals surface area (Å²) < 4.78 is 33.5. The summed E-state index contributed by atoms with van der Waals surface area (Å²) in [5.41, 5.74) is 1.16. The molecule has 4 rings (SSSR count). The molecule has 2 aliphatic rings. The molecule has 2 aromatic rings. The van der Waals surface area contributed by atoms with Gasteiger partial charge in [-0.15, -0.1) is 0 Å². The van der Waals surface area contributed by atoms with Crippen molar-refractivity contribution in [2.75, 3.05) is 7.11 Å². The Hall–Kier alpha value is -1.64. The lowest BCUT2D eigenvalue weighted by Gasteiger charge is -2.42. The van der Waals surface area contributed by atoms with Crippen LogP contribution in [0.1, 0.15) is 63.4 Å². The topological polar surface area (TPSA) is 9.23 Å². The van der Waals surface area contributed by atoms with E-state index in [1.807, 2.05) is 12.1 Å². The van der Waals surface area contributed by atoms with Crippen molar-refractivity contribution in [3.8, 4) is 5.75 Å². The number of ether oxygens (including phenoxy) is 1. The fourth-order valence-corrected chi connectivity index (χ4v) is 5.38. The fourth-order valence-electron chi connectivity index (χ4n) is 5.38. The van der Waals surface area contributed by atoms with E-state index in [-0.39, 0.29) is 5.75 Å². The molecule has 1 nitrogen and oxygen atoms in total. The van der Waals surface area contributed by atoms with Gasteiger partial charge >= 0.3 is 0 Å². The Morgan fingerprint density at radius 3 is 2.50 bits per heavy atom. The maximum atomic E-state index is 14.5. The normalized spacial score (nSPS) is 28.8. The van der Waals surface area contributed by atoms with Crippen LogP contribution in [-0.4, -0.2) is 7.11 Å². The Morgan fingerprint density at radius 2 is 1.73 bits per heavy atom. The van der Waals surface area contributed by atoms with Gasteiger partial charge in [-0.3, -0.25) is 0 Å². The highest BCUT2D eigenvalue weighted by Crippen LogP contribution is 2.48. The summed E-state index contributed by atoms with van der Waals surface area (Å²) in [6, 6.07) is 7.47. The van der Waals surface area contributed by atoms with Crippen LogP contribution in [-0.2, 0) is 0 Å². The van der Waals surface area contributed by atoms with Crippen molar-refractivity contribution in [2.24, 2.45) is 17.8 Å². The number of halogens is 2. The summed E-state index contributed by atoms with van der Waals surface area (Å²) in [6.07, 6.45) is 9.06. The van der Waals surface area contributed by atoms with Gasteiger partial charge < -0.3 is 4.74 Å². The smallest absolute Gasteiger partial charge is 0.201 e. The molecule has 2 fully saturated rings. The van der Waals surface area contributed by atoms with E-state index in [0.717, 1.165) is 23.3 Å². The first-order chi connectivity index (χ1) is 12.6. The van der Waals surface area contributed by atoms with Crippen molar-refractivity contribution in [3.63, 3.8) is 0 Å². The van der Waals surface area contributed by atoms with Crippen LogP contribution in [0.2, 0.25) is 0 Å². The average Bonchev–Trinajstić information content (AvgIpc) is 2.69. The molecule has 0 bridgehead atoms. The molecular weight excluding hydrogens is 330 g/mol. The second kappa shape index (κ2) is 7.17. The highest BCUT2D eigenvalue weighted by atomic mass is 19.2. The number of methoxy groups -OCH3 is 1. The molecule has 140 valence electrons. The molecule has 0 aromatic heterocycles. The Bertz CT molecular complexity index is 800. The van der Waals surface area contributed by atoms with Crippen molar-refractivity contribution >= 4 is 10.8 Å². The van der Waals surface area contributed by atoms with E-state index >= 15 is 0 Å². The van der Waals surface area contributed by atoms with Crippen LogP contribution in [0.4, 0.5) is 8.78 Å². The molecule has 3 heteroatoms. The van der Waals surface area contributed by atoms with Crippen LogP contribution in [0.25, 0.3) is 10.8 Å². The third-order valence-electron chi connectivity index (χ3n) is 7.00. The van der Waals surface area contributed by atoms with Gasteiger partial charge in [0.1, 0.15) is 0 Å². The first-order valence-corrected chi connectivity index (χ1v) is 10.1. The Balaban J connectivity index is 1.59. The molecule has 2 saturated carbocycles. The third kappa shape index (κ3) is 3.10. The first-order valence-electron chi connectivity index (χ1n) is 10.1. The van der Waals surface area contributed by atoms with Crippen LogP contribution in [0.15, 0.2) is 24.3 Å². The highest BCUT2D eigenvalue weighted by Gasteiger charge is 2.35. The summed E-state index contributed by atoms with van der Waals surface area (Å²) >= 11 is 0. The second-order valence-corrected chi connectivity index (χ2v) is 8.30. The van der Waals surface area contributed by atoms with Crippen molar-refractivity contribution < 1.29 is 13.5 Å². The van der Waals surface area contributed by atoms with Gasteiger partial charge in [0, 0.05) is 5.39 Å². The van der Waals surface area contributed by atoms with Gasteiger partial charge in [0.05, 0.1) is 7.11 Å². The first kappa shape index (κ1) is 17.8. The van der Waals surface area contributed by atoms with E-state index in [1.54, 1.807) is 6.07 Å². The zero-order valence-electron chi connectivity index (χ0n) is 15.7. The zero-order chi connectivity index (χ0) is 18.3. The molecule has 0 heterocycles. The van der Waals surface area contributed by atoms with Gasteiger partial charge in [-0.25, -0.2) is 4.39 Å². The summed E-state index contributed by atoms with van der Waals surface area (Å²) in [6.45, 7) is 2.31. The predicted octanol–water partition coefficient (Wildman–Crippen LogP) is 6.84. The lowest BCUT2D eigenvalue weighted by atomic mass is 9.63. The summed E-state index contributed by atoms with van der Waals surface area (Å²) in [4.78, 5) is 0. The largest absolute Gasteiger partial charge is 0.494 e. The Kier molecular flexibility index (Phi) is 4.90. The Morgan fingerprint density at radius 1 is 0.962 bits per heavy atom. The van der Waals surface area contributed by atoms with Crippen molar-refractivity contribution in [1.29, 1.82) is 0 Å².